The lowest BCUT2D eigenvalue weighted by Crippen LogP contribution is -2.53. The standard InChI is InChI=1S/C25H27ClF2N4O4/c1-16(34)32(30-13-18-7-5-9-22(28)24(18)26)19(11-25(2,3)35)14-36-31(15-33)23-10-20-17(12-29-23)6-4-8-21(20)27/h4-10,12,15,19,30,35H,11,13-14H2,1-3H3/t19-/m0/s1. The van der Waals surface area contributed by atoms with Gasteiger partial charge in [0.15, 0.2) is 5.82 Å². The number of nitrogens with one attached hydrogen (secondary N) is 1. The van der Waals surface area contributed by atoms with Crippen molar-refractivity contribution in [2.24, 2.45) is 0 Å². The minimum Gasteiger partial charge on any atom is -0.390 e. The highest BCUT2D eigenvalue weighted by Crippen LogP contribution is 2.23. The van der Waals surface area contributed by atoms with E-state index in [-0.39, 0.29) is 35.8 Å². The van der Waals surface area contributed by atoms with E-state index in [0.29, 0.717) is 17.4 Å². The lowest BCUT2D eigenvalue weighted by Gasteiger charge is -2.35. The van der Waals surface area contributed by atoms with Gasteiger partial charge in [-0.2, -0.15) is 5.06 Å². The number of fused-ring (bicyclic) bond motifs is 1. The number of carbonyl (C=O) groups excluding carboxylic acids is 2. The number of aromatic nitrogens is 1. The van der Waals surface area contributed by atoms with Gasteiger partial charge in [-0.05, 0) is 44.0 Å². The summed E-state index contributed by atoms with van der Waals surface area (Å²) in [6.07, 6.45) is 1.84. The highest BCUT2D eigenvalue weighted by molar-refractivity contribution is 6.31. The van der Waals surface area contributed by atoms with E-state index < -0.39 is 29.2 Å². The minimum absolute atomic E-state index is 0.0153. The van der Waals surface area contributed by atoms with Crippen molar-refractivity contribution in [3.8, 4) is 0 Å². The Bertz CT molecular complexity index is 1240. The normalized spacial score (nSPS) is 12.4. The first-order valence-electron chi connectivity index (χ1n) is 11.1. The van der Waals surface area contributed by atoms with Gasteiger partial charge in [-0.1, -0.05) is 35.9 Å². The van der Waals surface area contributed by atoms with Gasteiger partial charge in [0.2, 0.25) is 12.3 Å². The zero-order valence-electron chi connectivity index (χ0n) is 20.0. The van der Waals surface area contributed by atoms with Crippen LogP contribution in [0.3, 0.4) is 0 Å². The van der Waals surface area contributed by atoms with Gasteiger partial charge in [-0.25, -0.2) is 19.2 Å². The van der Waals surface area contributed by atoms with Crippen LogP contribution in [0, 0.1) is 11.6 Å². The number of pyridine rings is 1. The van der Waals surface area contributed by atoms with Gasteiger partial charge >= 0.3 is 0 Å². The van der Waals surface area contributed by atoms with Crippen molar-refractivity contribution in [1.29, 1.82) is 0 Å². The zero-order chi connectivity index (χ0) is 26.5. The van der Waals surface area contributed by atoms with Crippen LogP contribution in [0.25, 0.3) is 10.8 Å². The molecule has 2 amide bonds. The van der Waals surface area contributed by atoms with Crippen LogP contribution in [-0.2, 0) is 21.0 Å². The molecule has 0 saturated heterocycles. The molecule has 0 aliphatic heterocycles. The van der Waals surface area contributed by atoms with Gasteiger partial charge in [0.1, 0.15) is 11.6 Å². The molecule has 3 rings (SSSR count). The van der Waals surface area contributed by atoms with E-state index in [0.717, 1.165) is 5.06 Å². The Balaban J connectivity index is 1.81. The van der Waals surface area contributed by atoms with Crippen LogP contribution in [0.4, 0.5) is 14.6 Å². The van der Waals surface area contributed by atoms with Crippen molar-refractivity contribution in [3.05, 3.63) is 70.9 Å². The van der Waals surface area contributed by atoms with Crippen LogP contribution in [0.2, 0.25) is 5.02 Å². The van der Waals surface area contributed by atoms with Crippen LogP contribution in [0.15, 0.2) is 48.7 Å². The van der Waals surface area contributed by atoms with Gasteiger partial charge in [-0.15, -0.1) is 0 Å². The number of halogens is 3. The molecule has 1 aromatic heterocycles. The molecule has 192 valence electrons. The van der Waals surface area contributed by atoms with Crippen LogP contribution >= 0.6 is 11.6 Å². The van der Waals surface area contributed by atoms with Gasteiger partial charge in [0, 0.05) is 30.4 Å². The summed E-state index contributed by atoms with van der Waals surface area (Å²) in [5.74, 6) is -1.45. The van der Waals surface area contributed by atoms with E-state index in [1.807, 2.05) is 0 Å². The molecule has 1 atom stereocenters. The average Bonchev–Trinajstić information content (AvgIpc) is 2.81. The fraction of sp³-hybridized carbons (Fsp3) is 0.320. The zero-order valence-corrected chi connectivity index (χ0v) is 20.8. The third-order valence-electron chi connectivity index (χ3n) is 5.33. The van der Waals surface area contributed by atoms with Gasteiger partial charge in [-0.3, -0.25) is 19.4 Å². The van der Waals surface area contributed by atoms with E-state index in [4.69, 9.17) is 16.4 Å². The maximum atomic E-state index is 14.2. The molecule has 36 heavy (non-hydrogen) atoms. The Morgan fingerprint density at radius 1 is 1.25 bits per heavy atom. The first-order valence-corrected chi connectivity index (χ1v) is 11.5. The lowest BCUT2D eigenvalue weighted by molar-refractivity contribution is -0.139. The molecule has 0 unspecified atom stereocenters. The fourth-order valence-corrected chi connectivity index (χ4v) is 3.91. The molecule has 11 heteroatoms. The van der Waals surface area contributed by atoms with Crippen molar-refractivity contribution in [2.75, 3.05) is 11.7 Å². The summed E-state index contributed by atoms with van der Waals surface area (Å²) in [5.41, 5.74) is 2.12. The summed E-state index contributed by atoms with van der Waals surface area (Å²) in [7, 11) is 0. The fourth-order valence-electron chi connectivity index (χ4n) is 3.71. The van der Waals surface area contributed by atoms with Gasteiger partial charge in [0.05, 0.1) is 23.3 Å². The number of benzene rings is 2. The highest BCUT2D eigenvalue weighted by atomic mass is 35.5. The Kier molecular flexibility index (Phi) is 8.91. The number of nitrogens with zero attached hydrogens (tertiary/aromatic N) is 3. The van der Waals surface area contributed by atoms with E-state index in [9.17, 15) is 23.5 Å². The second-order valence-electron chi connectivity index (χ2n) is 8.84. The summed E-state index contributed by atoms with van der Waals surface area (Å²) in [4.78, 5) is 34.1. The summed E-state index contributed by atoms with van der Waals surface area (Å²) < 4.78 is 28.0. The third kappa shape index (κ3) is 6.94. The number of carbonyl (C=O) groups is 2. The predicted molar refractivity (Wildman–Crippen MR) is 132 cm³/mol. The summed E-state index contributed by atoms with van der Waals surface area (Å²) >= 11 is 6.02. The van der Waals surface area contributed by atoms with Crippen molar-refractivity contribution in [2.45, 2.75) is 45.4 Å². The topological polar surface area (TPSA) is 95.0 Å². The minimum atomic E-state index is -1.21. The van der Waals surface area contributed by atoms with Crippen LogP contribution in [0.1, 0.15) is 32.8 Å². The quantitative estimate of drug-likeness (QED) is 0.291. The number of aliphatic hydroxyl groups is 1. The first kappa shape index (κ1) is 27.4. The van der Waals surface area contributed by atoms with Crippen LogP contribution < -0.4 is 10.5 Å². The molecule has 2 aromatic carbocycles. The summed E-state index contributed by atoms with van der Waals surface area (Å²) in [6, 6.07) is 9.45. The number of amides is 2. The number of anilines is 1. The van der Waals surface area contributed by atoms with Crippen molar-refractivity contribution in [1.82, 2.24) is 15.4 Å². The molecule has 3 aromatic rings. The van der Waals surface area contributed by atoms with Gasteiger partial charge in [0.25, 0.3) is 0 Å². The molecule has 1 heterocycles. The van der Waals surface area contributed by atoms with E-state index in [1.54, 1.807) is 32.0 Å². The molecule has 0 radical (unpaired) electrons. The second-order valence-corrected chi connectivity index (χ2v) is 9.22. The summed E-state index contributed by atoms with van der Waals surface area (Å²) in [6.45, 7) is 4.22. The Labute approximate surface area is 212 Å². The number of rotatable bonds is 11. The molecule has 2 N–H and O–H groups in total. The van der Waals surface area contributed by atoms with Crippen molar-refractivity contribution < 1.29 is 28.3 Å². The Morgan fingerprint density at radius 2 is 1.94 bits per heavy atom. The van der Waals surface area contributed by atoms with Crippen molar-refractivity contribution in [3.63, 3.8) is 0 Å². The Hall–Kier alpha value is -3.18. The molecule has 0 spiro atoms. The molecule has 0 saturated carbocycles. The molecule has 0 bridgehead atoms. The number of hydrogen-bond donors (Lipinski definition) is 2. The number of hydroxylamine groups is 1. The molecule has 0 aliphatic carbocycles. The first-order chi connectivity index (χ1) is 17.0. The summed E-state index contributed by atoms with van der Waals surface area (Å²) in [5, 5.41) is 13.2. The SMILES string of the molecule is CC(=O)N(NCc1cccc(F)c1Cl)[C@H](CON(C=O)c1cc2c(F)cccc2cn1)CC(C)(C)O. The Morgan fingerprint density at radius 3 is 2.61 bits per heavy atom. The smallest absolute Gasteiger partial charge is 0.239 e. The maximum absolute atomic E-state index is 14.2. The number of hydrazine groups is 1. The maximum Gasteiger partial charge on any atom is 0.239 e. The highest BCUT2D eigenvalue weighted by Gasteiger charge is 2.29. The molecule has 8 nitrogen and oxygen atoms in total. The van der Waals surface area contributed by atoms with Crippen LogP contribution in [0.5, 0.6) is 0 Å². The molecular formula is C25H27ClF2N4O4. The molecule has 0 aliphatic rings. The molecular weight excluding hydrogens is 494 g/mol. The largest absolute Gasteiger partial charge is 0.390 e. The van der Waals surface area contributed by atoms with Gasteiger partial charge < -0.3 is 5.11 Å². The third-order valence-corrected chi connectivity index (χ3v) is 5.76. The van der Waals surface area contributed by atoms with E-state index in [2.05, 4.69) is 10.4 Å². The molecule has 0 fully saturated rings. The van der Waals surface area contributed by atoms with Crippen LogP contribution in [-0.4, -0.2) is 45.7 Å². The lowest BCUT2D eigenvalue weighted by atomic mass is 9.99. The van der Waals surface area contributed by atoms with E-state index >= 15 is 0 Å². The monoisotopic (exact) mass is 520 g/mol. The average molecular weight is 521 g/mol. The van der Waals surface area contributed by atoms with E-state index in [1.165, 1.54) is 42.4 Å². The predicted octanol–water partition coefficient (Wildman–Crippen LogP) is 4.14. The number of hydrogen-bond acceptors (Lipinski definition) is 6. The van der Waals surface area contributed by atoms with Crippen molar-refractivity contribution >= 4 is 40.5 Å². The second kappa shape index (κ2) is 11.7.